The number of ether oxygens (including phenoxy) is 2. The highest BCUT2D eigenvalue weighted by molar-refractivity contribution is 9.10. The van der Waals surface area contributed by atoms with Crippen molar-refractivity contribution in [1.29, 1.82) is 0 Å². The minimum Gasteiger partial charge on any atom is -0.486 e. The highest BCUT2D eigenvalue weighted by Crippen LogP contribution is 2.37. The Hall–Kier alpha value is -4.09. The van der Waals surface area contributed by atoms with Crippen LogP contribution in [-0.4, -0.2) is 39.0 Å². The average Bonchev–Trinajstić information content (AvgIpc) is 3.52. The Kier molecular flexibility index (Phi) is 11.9. The number of carbonyl (C=O) groups excluding carboxylic acids is 3. The smallest absolute Gasteiger partial charge is 0.313 e. The van der Waals surface area contributed by atoms with Crippen LogP contribution in [0, 0.1) is 0 Å². The molecule has 9 nitrogen and oxygen atoms in total. The number of hydrogen-bond acceptors (Lipinski definition) is 8. The van der Waals surface area contributed by atoms with Crippen LogP contribution in [0.3, 0.4) is 0 Å². The van der Waals surface area contributed by atoms with Crippen LogP contribution in [0.4, 0.5) is 5.69 Å². The first kappa shape index (κ1) is 38.7. The molecule has 0 saturated carbocycles. The van der Waals surface area contributed by atoms with Crippen LogP contribution in [0.2, 0.25) is 0 Å². The Labute approximate surface area is 307 Å². The van der Waals surface area contributed by atoms with Crippen LogP contribution in [-0.2, 0) is 19.7 Å². The number of carbonyl (C=O) groups is 3. The van der Waals surface area contributed by atoms with Gasteiger partial charge < -0.3 is 20.1 Å². The first-order valence-corrected chi connectivity index (χ1v) is 18.1. The number of esters is 1. The number of rotatable bonds is 10. The molecule has 0 saturated heterocycles. The van der Waals surface area contributed by atoms with E-state index in [1.54, 1.807) is 37.5 Å². The van der Waals surface area contributed by atoms with Gasteiger partial charge in [0.2, 0.25) is 5.91 Å². The predicted molar refractivity (Wildman–Crippen MR) is 203 cm³/mol. The summed E-state index contributed by atoms with van der Waals surface area (Å²) in [6, 6.07) is 15.9. The summed E-state index contributed by atoms with van der Waals surface area (Å²) in [4.78, 5) is 51.2. The van der Waals surface area contributed by atoms with Crippen molar-refractivity contribution in [3.8, 4) is 17.1 Å². The minimum absolute atomic E-state index is 0.0957. The van der Waals surface area contributed by atoms with Gasteiger partial charge in [-0.3, -0.25) is 14.4 Å². The van der Waals surface area contributed by atoms with Crippen molar-refractivity contribution in [3.63, 3.8) is 0 Å². The first-order valence-electron chi connectivity index (χ1n) is 16.5. The van der Waals surface area contributed by atoms with E-state index in [1.807, 2.05) is 77.9 Å². The lowest BCUT2D eigenvalue weighted by Crippen LogP contribution is -2.32. The largest absolute Gasteiger partial charge is 0.486 e. The molecular formula is C39H47BrN4O5S. The van der Waals surface area contributed by atoms with Gasteiger partial charge in [0.15, 0.2) is 5.82 Å². The molecule has 2 amide bonds. The maximum Gasteiger partial charge on any atom is 0.313 e. The fourth-order valence-corrected chi connectivity index (χ4v) is 6.19. The van der Waals surface area contributed by atoms with Crippen LogP contribution in [0.25, 0.3) is 11.4 Å². The van der Waals surface area contributed by atoms with Gasteiger partial charge in [-0.05, 0) is 99.1 Å². The number of amides is 2. The van der Waals surface area contributed by atoms with Gasteiger partial charge in [0.05, 0.1) is 33.4 Å². The van der Waals surface area contributed by atoms with Crippen LogP contribution in [0.15, 0.2) is 71.5 Å². The molecule has 11 heteroatoms. The molecule has 0 aliphatic rings. The number of para-hydroxylation sites is 1. The molecule has 0 aliphatic carbocycles. The fourth-order valence-electron chi connectivity index (χ4n) is 5.02. The summed E-state index contributed by atoms with van der Waals surface area (Å²) in [7, 11) is 0. The Balaban J connectivity index is 1.68. The van der Waals surface area contributed by atoms with E-state index in [1.165, 1.54) is 11.3 Å². The van der Waals surface area contributed by atoms with Crippen molar-refractivity contribution < 1.29 is 23.9 Å². The number of anilines is 1. The summed E-state index contributed by atoms with van der Waals surface area (Å²) in [6.07, 6.45) is 3.26. The van der Waals surface area contributed by atoms with Gasteiger partial charge in [-0.1, -0.05) is 57.2 Å². The van der Waals surface area contributed by atoms with E-state index < -0.39 is 29.1 Å². The summed E-state index contributed by atoms with van der Waals surface area (Å²) in [5, 5.41) is 6.14. The second kappa shape index (κ2) is 15.4. The number of nitrogens with zero attached hydrogens (tertiary/aromatic N) is 2. The molecule has 2 aromatic heterocycles. The molecule has 266 valence electrons. The van der Waals surface area contributed by atoms with E-state index in [-0.39, 0.29) is 23.7 Å². The maximum atomic E-state index is 14.0. The van der Waals surface area contributed by atoms with Crippen molar-refractivity contribution in [1.82, 2.24) is 15.3 Å². The number of hydrogen-bond donors (Lipinski definition) is 2. The molecule has 0 aliphatic heterocycles. The molecule has 0 bridgehead atoms. The van der Waals surface area contributed by atoms with Crippen LogP contribution < -0.4 is 15.4 Å². The maximum absolute atomic E-state index is 14.0. The molecule has 0 spiro atoms. The zero-order chi connectivity index (χ0) is 37.0. The molecule has 50 heavy (non-hydrogen) atoms. The third-order valence-corrected chi connectivity index (χ3v) is 9.34. The molecular weight excluding hydrogens is 716 g/mol. The van der Waals surface area contributed by atoms with Crippen LogP contribution in [0.1, 0.15) is 113 Å². The molecule has 4 rings (SSSR count). The second-order valence-electron chi connectivity index (χ2n) is 15.2. The lowest BCUT2D eigenvalue weighted by molar-refractivity contribution is -0.156. The highest BCUT2D eigenvalue weighted by atomic mass is 79.9. The first-order chi connectivity index (χ1) is 23.2. The van der Waals surface area contributed by atoms with Crippen LogP contribution >= 0.6 is 27.3 Å². The summed E-state index contributed by atoms with van der Waals surface area (Å²) in [5.41, 5.74) is 1.07. The second-order valence-corrected chi connectivity index (χ2v) is 17.2. The zero-order valence-corrected chi connectivity index (χ0v) is 32.8. The van der Waals surface area contributed by atoms with Crippen molar-refractivity contribution in [2.45, 2.75) is 104 Å². The SMILES string of the molecule is CC(C(=O)OC(C)(C)C)c1cccc(OC(C)(C)C)c1NC(=O)C[C@H](NC(=O)c1ccc(C(C)(C)C)s1)c1ccc(-c2ncc(Br)cn2)cc1. The quantitative estimate of drug-likeness (QED) is 0.155. The zero-order valence-electron chi connectivity index (χ0n) is 30.4. The Bertz CT molecular complexity index is 1820. The van der Waals surface area contributed by atoms with E-state index >= 15 is 0 Å². The van der Waals surface area contributed by atoms with Crippen molar-refractivity contribution >= 4 is 50.7 Å². The topological polar surface area (TPSA) is 120 Å². The molecule has 2 aromatic carbocycles. The summed E-state index contributed by atoms with van der Waals surface area (Å²) in [5.74, 6) is -0.807. The average molecular weight is 764 g/mol. The van der Waals surface area contributed by atoms with E-state index in [0.29, 0.717) is 27.7 Å². The third-order valence-electron chi connectivity index (χ3n) is 7.42. The van der Waals surface area contributed by atoms with Gasteiger partial charge in [0, 0.05) is 22.8 Å². The van der Waals surface area contributed by atoms with Crippen molar-refractivity contribution in [3.05, 3.63) is 92.3 Å². The molecule has 2 N–H and O–H groups in total. The van der Waals surface area contributed by atoms with E-state index in [4.69, 9.17) is 9.47 Å². The summed E-state index contributed by atoms with van der Waals surface area (Å²) < 4.78 is 12.7. The van der Waals surface area contributed by atoms with E-state index in [9.17, 15) is 14.4 Å². The third kappa shape index (κ3) is 10.7. The molecule has 1 unspecified atom stereocenters. The number of halogens is 1. The number of thiophene rings is 1. The fraction of sp³-hybridized carbons (Fsp3) is 0.410. The Morgan fingerprint density at radius 3 is 2.06 bits per heavy atom. The van der Waals surface area contributed by atoms with Gasteiger partial charge in [-0.2, -0.15) is 0 Å². The van der Waals surface area contributed by atoms with E-state index in [0.717, 1.165) is 20.5 Å². The predicted octanol–water partition coefficient (Wildman–Crippen LogP) is 9.39. The van der Waals surface area contributed by atoms with E-state index in [2.05, 4.69) is 57.3 Å². The molecule has 0 radical (unpaired) electrons. The summed E-state index contributed by atoms with van der Waals surface area (Å²) >= 11 is 4.80. The van der Waals surface area contributed by atoms with Gasteiger partial charge in [0.1, 0.15) is 17.0 Å². The summed E-state index contributed by atoms with van der Waals surface area (Å²) in [6.45, 7) is 19.2. The lowest BCUT2D eigenvalue weighted by atomic mass is 9.95. The lowest BCUT2D eigenvalue weighted by Gasteiger charge is -2.27. The number of benzene rings is 2. The normalized spacial score (nSPS) is 13.3. The Morgan fingerprint density at radius 1 is 0.860 bits per heavy atom. The van der Waals surface area contributed by atoms with Gasteiger partial charge >= 0.3 is 5.97 Å². The van der Waals surface area contributed by atoms with Gasteiger partial charge in [-0.25, -0.2) is 9.97 Å². The molecule has 2 atom stereocenters. The highest BCUT2D eigenvalue weighted by Gasteiger charge is 2.29. The van der Waals surface area contributed by atoms with Gasteiger partial charge in [-0.15, -0.1) is 11.3 Å². The Morgan fingerprint density at radius 2 is 1.50 bits per heavy atom. The standard InChI is InChI=1S/C39H47BrN4O5S/c1-23(36(47)49-39(8,9)10)27-12-11-13-29(48-38(5,6)7)33(27)44-32(45)20-28(43-35(46)30-18-19-31(50-30)37(2,3)4)24-14-16-25(17-15-24)34-41-21-26(40)22-42-34/h11-19,21-23,28H,20H2,1-10H3,(H,43,46)(H,44,45)/t23?,28-/m0/s1. The van der Waals surface area contributed by atoms with Crippen molar-refractivity contribution in [2.75, 3.05) is 5.32 Å². The van der Waals surface area contributed by atoms with Gasteiger partial charge in [0.25, 0.3) is 5.91 Å². The van der Waals surface area contributed by atoms with Crippen LogP contribution in [0.5, 0.6) is 5.75 Å². The van der Waals surface area contributed by atoms with Crippen molar-refractivity contribution in [2.24, 2.45) is 0 Å². The molecule has 4 aromatic rings. The number of nitrogens with one attached hydrogen (secondary N) is 2. The molecule has 0 fully saturated rings. The minimum atomic E-state index is -0.701. The monoisotopic (exact) mass is 762 g/mol. The molecule has 2 heterocycles. The number of aromatic nitrogens is 2.